The standard InChI is InChI=1S/C13H22N2O4/c1-19-11-5-7-15(9-11)13(18)14-6-4-10(8-14)2-3-12(16)17/h10-11H,2-9H2,1H3,(H,16,17). The number of carbonyl (C=O) groups excluding carboxylic acids is 1. The summed E-state index contributed by atoms with van der Waals surface area (Å²) in [6.07, 6.45) is 2.84. The SMILES string of the molecule is COC1CCN(C(=O)N2CCC(CCC(=O)O)C2)C1. The van der Waals surface area contributed by atoms with Gasteiger partial charge < -0.3 is 19.6 Å². The first-order chi connectivity index (χ1) is 9.10. The van der Waals surface area contributed by atoms with Crippen LogP contribution in [0.5, 0.6) is 0 Å². The van der Waals surface area contributed by atoms with Gasteiger partial charge >= 0.3 is 12.0 Å². The predicted molar refractivity (Wildman–Crippen MR) is 68.9 cm³/mol. The van der Waals surface area contributed by atoms with Gasteiger partial charge in [0.1, 0.15) is 0 Å². The molecule has 0 spiro atoms. The Labute approximate surface area is 113 Å². The first-order valence-corrected chi connectivity index (χ1v) is 6.88. The van der Waals surface area contributed by atoms with E-state index in [1.54, 1.807) is 7.11 Å². The van der Waals surface area contributed by atoms with Crippen molar-refractivity contribution >= 4 is 12.0 Å². The summed E-state index contributed by atoms with van der Waals surface area (Å²) in [4.78, 5) is 26.5. The lowest BCUT2D eigenvalue weighted by Gasteiger charge is -2.24. The van der Waals surface area contributed by atoms with E-state index in [9.17, 15) is 9.59 Å². The number of nitrogens with zero attached hydrogens (tertiary/aromatic N) is 2. The van der Waals surface area contributed by atoms with Gasteiger partial charge in [0.25, 0.3) is 0 Å². The first-order valence-electron chi connectivity index (χ1n) is 6.88. The molecule has 6 heteroatoms. The minimum Gasteiger partial charge on any atom is -0.481 e. The molecule has 2 unspecified atom stereocenters. The number of rotatable bonds is 4. The molecular weight excluding hydrogens is 248 g/mol. The second-order valence-electron chi connectivity index (χ2n) is 5.41. The lowest BCUT2D eigenvalue weighted by molar-refractivity contribution is -0.137. The van der Waals surface area contributed by atoms with Crippen LogP contribution in [0.3, 0.4) is 0 Å². The zero-order valence-electron chi connectivity index (χ0n) is 11.4. The zero-order chi connectivity index (χ0) is 13.8. The molecule has 19 heavy (non-hydrogen) atoms. The Bertz CT molecular complexity index is 348. The minimum atomic E-state index is -0.757. The van der Waals surface area contributed by atoms with E-state index >= 15 is 0 Å². The van der Waals surface area contributed by atoms with Gasteiger partial charge in [0.15, 0.2) is 0 Å². The number of ether oxygens (including phenoxy) is 1. The largest absolute Gasteiger partial charge is 0.481 e. The Morgan fingerprint density at radius 2 is 1.89 bits per heavy atom. The molecule has 0 aromatic heterocycles. The van der Waals surface area contributed by atoms with Crippen LogP contribution in [0.2, 0.25) is 0 Å². The Balaban J connectivity index is 1.77. The highest BCUT2D eigenvalue weighted by Crippen LogP contribution is 2.23. The number of methoxy groups -OCH3 is 1. The van der Waals surface area contributed by atoms with Crippen LogP contribution in [0, 0.1) is 5.92 Å². The minimum absolute atomic E-state index is 0.0809. The second kappa shape index (κ2) is 6.23. The summed E-state index contributed by atoms with van der Waals surface area (Å²) in [7, 11) is 1.68. The molecule has 2 amide bonds. The summed E-state index contributed by atoms with van der Waals surface area (Å²) in [5.41, 5.74) is 0. The first kappa shape index (κ1) is 14.1. The van der Waals surface area contributed by atoms with E-state index in [0.29, 0.717) is 25.4 Å². The molecule has 0 radical (unpaired) electrons. The van der Waals surface area contributed by atoms with Gasteiger partial charge in [0, 0.05) is 39.7 Å². The number of carbonyl (C=O) groups is 2. The molecule has 2 atom stereocenters. The van der Waals surface area contributed by atoms with Crippen LogP contribution in [0.4, 0.5) is 4.79 Å². The van der Waals surface area contributed by atoms with Gasteiger partial charge in [-0.05, 0) is 25.2 Å². The summed E-state index contributed by atoms with van der Waals surface area (Å²) in [5.74, 6) is -0.423. The number of carboxylic acids is 1. The van der Waals surface area contributed by atoms with Gasteiger partial charge in [-0.3, -0.25) is 4.79 Å². The lowest BCUT2D eigenvalue weighted by Crippen LogP contribution is -2.41. The van der Waals surface area contributed by atoms with Crippen molar-refractivity contribution in [2.24, 2.45) is 5.92 Å². The summed E-state index contributed by atoms with van der Waals surface area (Å²) in [6, 6.07) is 0.0809. The topological polar surface area (TPSA) is 70.1 Å². The van der Waals surface area contributed by atoms with Gasteiger partial charge in [-0.15, -0.1) is 0 Å². The highest BCUT2D eigenvalue weighted by atomic mass is 16.5. The quantitative estimate of drug-likeness (QED) is 0.828. The van der Waals surface area contributed by atoms with Crippen molar-refractivity contribution in [2.45, 2.75) is 31.8 Å². The smallest absolute Gasteiger partial charge is 0.320 e. The second-order valence-corrected chi connectivity index (χ2v) is 5.41. The summed E-state index contributed by atoms with van der Waals surface area (Å²) in [6.45, 7) is 2.87. The van der Waals surface area contributed by atoms with Crippen LogP contribution in [0.1, 0.15) is 25.7 Å². The molecule has 0 aromatic carbocycles. The van der Waals surface area contributed by atoms with Gasteiger partial charge in [-0.1, -0.05) is 0 Å². The lowest BCUT2D eigenvalue weighted by atomic mass is 10.0. The molecule has 0 aliphatic carbocycles. The number of amides is 2. The summed E-state index contributed by atoms with van der Waals surface area (Å²) in [5, 5.41) is 8.68. The number of carboxylic acid groups (broad SMARTS) is 1. The van der Waals surface area contributed by atoms with Crippen molar-refractivity contribution in [3.8, 4) is 0 Å². The van der Waals surface area contributed by atoms with Crippen LogP contribution >= 0.6 is 0 Å². The van der Waals surface area contributed by atoms with E-state index in [2.05, 4.69) is 0 Å². The highest BCUT2D eigenvalue weighted by Gasteiger charge is 2.33. The van der Waals surface area contributed by atoms with Crippen molar-refractivity contribution in [3.05, 3.63) is 0 Å². The molecule has 0 aromatic rings. The average Bonchev–Trinajstić information content (AvgIpc) is 3.04. The Kier molecular flexibility index (Phi) is 4.63. The van der Waals surface area contributed by atoms with E-state index in [1.807, 2.05) is 9.80 Å². The maximum atomic E-state index is 12.3. The summed E-state index contributed by atoms with van der Waals surface area (Å²) >= 11 is 0. The predicted octanol–water partition coefficient (Wildman–Crippen LogP) is 1.01. The fourth-order valence-corrected chi connectivity index (χ4v) is 2.86. The van der Waals surface area contributed by atoms with Gasteiger partial charge in [0.05, 0.1) is 6.10 Å². The number of hydrogen-bond acceptors (Lipinski definition) is 3. The Morgan fingerprint density at radius 3 is 2.53 bits per heavy atom. The average molecular weight is 270 g/mol. The molecule has 2 aliphatic rings. The maximum absolute atomic E-state index is 12.3. The molecule has 2 heterocycles. The number of hydrogen-bond donors (Lipinski definition) is 1. The Hall–Kier alpha value is -1.30. The molecule has 108 valence electrons. The molecule has 2 fully saturated rings. The fourth-order valence-electron chi connectivity index (χ4n) is 2.86. The van der Waals surface area contributed by atoms with E-state index in [0.717, 1.165) is 25.9 Å². The molecule has 0 saturated carbocycles. The van der Waals surface area contributed by atoms with Crippen LogP contribution in [-0.2, 0) is 9.53 Å². The number of urea groups is 1. The zero-order valence-corrected chi connectivity index (χ0v) is 11.4. The van der Waals surface area contributed by atoms with Crippen molar-refractivity contribution in [3.63, 3.8) is 0 Å². The maximum Gasteiger partial charge on any atom is 0.320 e. The van der Waals surface area contributed by atoms with E-state index in [1.165, 1.54) is 0 Å². The summed E-state index contributed by atoms with van der Waals surface area (Å²) < 4.78 is 5.26. The molecule has 1 N–H and O–H groups in total. The van der Waals surface area contributed by atoms with Crippen molar-refractivity contribution in [1.29, 1.82) is 0 Å². The highest BCUT2D eigenvalue weighted by molar-refractivity contribution is 5.75. The number of aliphatic carboxylic acids is 1. The molecule has 2 aliphatic heterocycles. The molecule has 0 bridgehead atoms. The van der Waals surface area contributed by atoms with Crippen LogP contribution in [-0.4, -0.2) is 66.3 Å². The van der Waals surface area contributed by atoms with Gasteiger partial charge in [-0.2, -0.15) is 0 Å². The third kappa shape index (κ3) is 3.59. The van der Waals surface area contributed by atoms with E-state index in [4.69, 9.17) is 9.84 Å². The third-order valence-corrected chi connectivity index (χ3v) is 4.07. The molecule has 2 rings (SSSR count). The third-order valence-electron chi connectivity index (χ3n) is 4.07. The van der Waals surface area contributed by atoms with Crippen molar-refractivity contribution in [2.75, 3.05) is 33.3 Å². The van der Waals surface area contributed by atoms with Crippen LogP contribution in [0.25, 0.3) is 0 Å². The van der Waals surface area contributed by atoms with Crippen molar-refractivity contribution in [1.82, 2.24) is 9.80 Å². The van der Waals surface area contributed by atoms with Crippen LogP contribution in [0.15, 0.2) is 0 Å². The van der Waals surface area contributed by atoms with E-state index in [-0.39, 0.29) is 18.6 Å². The molecule has 6 nitrogen and oxygen atoms in total. The monoisotopic (exact) mass is 270 g/mol. The fraction of sp³-hybridized carbons (Fsp3) is 0.846. The van der Waals surface area contributed by atoms with Gasteiger partial charge in [-0.25, -0.2) is 4.79 Å². The molecular formula is C13H22N2O4. The number of likely N-dealkylation sites (tertiary alicyclic amines) is 2. The Morgan fingerprint density at radius 1 is 1.21 bits per heavy atom. The van der Waals surface area contributed by atoms with Crippen molar-refractivity contribution < 1.29 is 19.4 Å². The molecule has 2 saturated heterocycles. The van der Waals surface area contributed by atoms with Crippen LogP contribution < -0.4 is 0 Å². The normalized spacial score (nSPS) is 27.0. The van der Waals surface area contributed by atoms with Gasteiger partial charge in [0.2, 0.25) is 0 Å². The van der Waals surface area contributed by atoms with E-state index < -0.39 is 5.97 Å².